The molecule has 3 aromatic heterocycles. The number of hydrogen-bond acceptors (Lipinski definition) is 3. The molecule has 0 unspecified atom stereocenters. The molecule has 0 radical (unpaired) electrons. The first-order valence-electron chi connectivity index (χ1n) is 6.91. The van der Waals surface area contributed by atoms with Gasteiger partial charge in [-0.2, -0.15) is 10.2 Å². The maximum absolute atomic E-state index is 4.45. The molecule has 0 bridgehead atoms. The number of aromatic nitrogens is 4. The Bertz CT molecular complexity index is 710. The highest BCUT2D eigenvalue weighted by molar-refractivity contribution is 5.53. The van der Waals surface area contributed by atoms with Crippen molar-refractivity contribution in [3.8, 4) is 0 Å². The summed E-state index contributed by atoms with van der Waals surface area (Å²) >= 11 is 0. The standard InChI is InChI=1S/C15H19N5/c1-3-14-13(11-19(2)18-14)9-16-8-12-10-17-20-7-5-4-6-15(12)20/h4-7,10-11,16H,3,8-9H2,1-2H3. The quantitative estimate of drug-likeness (QED) is 0.770. The van der Waals surface area contributed by atoms with Gasteiger partial charge < -0.3 is 5.32 Å². The molecule has 0 atom stereocenters. The topological polar surface area (TPSA) is 47.2 Å². The molecule has 1 N–H and O–H groups in total. The predicted octanol–water partition coefficient (Wildman–Crippen LogP) is 1.92. The second-order valence-corrected chi connectivity index (χ2v) is 4.93. The maximum Gasteiger partial charge on any atom is 0.0706 e. The van der Waals surface area contributed by atoms with Gasteiger partial charge in [0, 0.05) is 43.7 Å². The van der Waals surface area contributed by atoms with E-state index in [-0.39, 0.29) is 0 Å². The van der Waals surface area contributed by atoms with E-state index < -0.39 is 0 Å². The average molecular weight is 269 g/mol. The molecule has 5 heteroatoms. The van der Waals surface area contributed by atoms with E-state index in [1.807, 2.05) is 40.8 Å². The summed E-state index contributed by atoms with van der Waals surface area (Å²) in [6, 6.07) is 6.11. The lowest BCUT2D eigenvalue weighted by molar-refractivity contribution is 0.691. The molecule has 0 spiro atoms. The molecule has 104 valence electrons. The molecule has 0 aromatic carbocycles. The van der Waals surface area contributed by atoms with E-state index in [0.29, 0.717) is 0 Å². The number of aryl methyl sites for hydroxylation is 2. The Balaban J connectivity index is 1.68. The number of hydrogen-bond donors (Lipinski definition) is 1. The van der Waals surface area contributed by atoms with Crippen LogP contribution in [-0.4, -0.2) is 19.4 Å². The summed E-state index contributed by atoms with van der Waals surface area (Å²) in [5, 5.41) is 12.3. The van der Waals surface area contributed by atoms with E-state index in [0.717, 1.165) is 25.0 Å². The van der Waals surface area contributed by atoms with Crippen LogP contribution in [0, 0.1) is 0 Å². The smallest absolute Gasteiger partial charge is 0.0706 e. The van der Waals surface area contributed by atoms with Crippen LogP contribution in [0.5, 0.6) is 0 Å². The number of nitrogens with zero attached hydrogens (tertiary/aromatic N) is 4. The Hall–Kier alpha value is -2.14. The summed E-state index contributed by atoms with van der Waals surface area (Å²) in [5.74, 6) is 0. The molecular formula is C15H19N5. The van der Waals surface area contributed by atoms with Crippen molar-refractivity contribution in [1.29, 1.82) is 0 Å². The van der Waals surface area contributed by atoms with Gasteiger partial charge in [0.25, 0.3) is 0 Å². The minimum absolute atomic E-state index is 0.811. The van der Waals surface area contributed by atoms with Crippen LogP contribution >= 0.6 is 0 Å². The second kappa shape index (κ2) is 5.46. The number of rotatable bonds is 5. The van der Waals surface area contributed by atoms with Crippen molar-refractivity contribution in [3.63, 3.8) is 0 Å². The summed E-state index contributed by atoms with van der Waals surface area (Å²) in [6.45, 7) is 3.78. The molecule has 3 heterocycles. The highest BCUT2D eigenvalue weighted by Crippen LogP contribution is 2.11. The van der Waals surface area contributed by atoms with Gasteiger partial charge in [-0.25, -0.2) is 4.52 Å². The van der Waals surface area contributed by atoms with E-state index in [1.165, 1.54) is 16.8 Å². The van der Waals surface area contributed by atoms with Gasteiger partial charge in [-0.3, -0.25) is 4.68 Å². The zero-order chi connectivity index (χ0) is 13.9. The zero-order valence-electron chi connectivity index (χ0n) is 11.9. The first-order chi connectivity index (χ1) is 9.78. The number of pyridine rings is 1. The van der Waals surface area contributed by atoms with E-state index in [1.54, 1.807) is 0 Å². The lowest BCUT2D eigenvalue weighted by Gasteiger charge is -2.03. The Labute approximate surface area is 118 Å². The highest BCUT2D eigenvalue weighted by Gasteiger charge is 2.06. The van der Waals surface area contributed by atoms with Crippen LogP contribution in [-0.2, 0) is 26.6 Å². The first kappa shape index (κ1) is 12.9. The van der Waals surface area contributed by atoms with Crippen LogP contribution in [0.15, 0.2) is 36.8 Å². The van der Waals surface area contributed by atoms with Crippen LogP contribution in [0.3, 0.4) is 0 Å². The Morgan fingerprint density at radius 2 is 2.05 bits per heavy atom. The summed E-state index contributed by atoms with van der Waals surface area (Å²) in [4.78, 5) is 0. The fraction of sp³-hybridized carbons (Fsp3) is 0.333. The van der Waals surface area contributed by atoms with Crippen LogP contribution in [0.25, 0.3) is 5.52 Å². The van der Waals surface area contributed by atoms with Crippen LogP contribution in [0.1, 0.15) is 23.7 Å². The van der Waals surface area contributed by atoms with E-state index in [4.69, 9.17) is 0 Å². The van der Waals surface area contributed by atoms with Gasteiger partial charge in [-0.1, -0.05) is 13.0 Å². The van der Waals surface area contributed by atoms with Crippen LogP contribution in [0.2, 0.25) is 0 Å². The third-order valence-corrected chi connectivity index (χ3v) is 3.46. The molecule has 0 fully saturated rings. The Morgan fingerprint density at radius 1 is 1.20 bits per heavy atom. The lowest BCUT2D eigenvalue weighted by atomic mass is 10.2. The summed E-state index contributed by atoms with van der Waals surface area (Å²) in [5.41, 5.74) is 4.81. The largest absolute Gasteiger partial charge is 0.308 e. The van der Waals surface area contributed by atoms with Gasteiger partial charge in [-0.05, 0) is 18.6 Å². The molecule has 0 saturated heterocycles. The van der Waals surface area contributed by atoms with Crippen LogP contribution < -0.4 is 5.32 Å². The van der Waals surface area contributed by atoms with Crippen LogP contribution in [0.4, 0.5) is 0 Å². The third kappa shape index (κ3) is 2.44. The summed E-state index contributed by atoms with van der Waals surface area (Å²) < 4.78 is 3.78. The van der Waals surface area contributed by atoms with Gasteiger partial charge in [0.15, 0.2) is 0 Å². The minimum Gasteiger partial charge on any atom is -0.308 e. The van der Waals surface area contributed by atoms with Crippen molar-refractivity contribution in [2.75, 3.05) is 0 Å². The SMILES string of the molecule is CCc1nn(C)cc1CNCc1cnn2ccccc12. The monoisotopic (exact) mass is 269 g/mol. The van der Waals surface area contributed by atoms with Crippen molar-refractivity contribution < 1.29 is 0 Å². The molecule has 0 aliphatic rings. The van der Waals surface area contributed by atoms with Gasteiger partial charge in [0.1, 0.15) is 0 Å². The van der Waals surface area contributed by atoms with Gasteiger partial charge in [-0.15, -0.1) is 0 Å². The molecule has 0 saturated carbocycles. The third-order valence-electron chi connectivity index (χ3n) is 3.46. The Morgan fingerprint density at radius 3 is 2.90 bits per heavy atom. The molecule has 0 amide bonds. The fourth-order valence-corrected chi connectivity index (χ4v) is 2.48. The summed E-state index contributed by atoms with van der Waals surface area (Å²) in [7, 11) is 1.97. The lowest BCUT2D eigenvalue weighted by Crippen LogP contribution is -2.13. The molecule has 5 nitrogen and oxygen atoms in total. The number of fused-ring (bicyclic) bond motifs is 1. The van der Waals surface area contributed by atoms with Crippen molar-refractivity contribution >= 4 is 5.52 Å². The predicted molar refractivity (Wildman–Crippen MR) is 78.3 cm³/mol. The second-order valence-electron chi connectivity index (χ2n) is 4.93. The molecule has 20 heavy (non-hydrogen) atoms. The molecule has 0 aliphatic heterocycles. The molecule has 3 aromatic rings. The van der Waals surface area contributed by atoms with E-state index >= 15 is 0 Å². The molecular weight excluding hydrogens is 250 g/mol. The van der Waals surface area contributed by atoms with Crippen molar-refractivity contribution in [3.05, 3.63) is 53.6 Å². The van der Waals surface area contributed by atoms with Gasteiger partial charge >= 0.3 is 0 Å². The zero-order valence-corrected chi connectivity index (χ0v) is 11.9. The van der Waals surface area contributed by atoms with Gasteiger partial charge in [0.05, 0.1) is 17.4 Å². The van der Waals surface area contributed by atoms with Gasteiger partial charge in [0.2, 0.25) is 0 Å². The first-order valence-corrected chi connectivity index (χ1v) is 6.91. The Kier molecular flexibility index (Phi) is 3.52. The van der Waals surface area contributed by atoms with E-state index in [9.17, 15) is 0 Å². The number of nitrogens with one attached hydrogen (secondary N) is 1. The summed E-state index contributed by atoms with van der Waals surface area (Å²) in [6.07, 6.45) is 6.94. The van der Waals surface area contributed by atoms with Crippen molar-refractivity contribution in [2.24, 2.45) is 7.05 Å². The maximum atomic E-state index is 4.45. The van der Waals surface area contributed by atoms with Crippen molar-refractivity contribution in [1.82, 2.24) is 24.7 Å². The highest BCUT2D eigenvalue weighted by atomic mass is 15.3. The van der Waals surface area contributed by atoms with E-state index in [2.05, 4.69) is 34.7 Å². The van der Waals surface area contributed by atoms with Crippen molar-refractivity contribution in [2.45, 2.75) is 26.4 Å². The molecule has 0 aliphatic carbocycles. The molecule has 3 rings (SSSR count). The average Bonchev–Trinajstić information content (AvgIpc) is 3.03. The minimum atomic E-state index is 0.811. The normalized spacial score (nSPS) is 11.3. The fourth-order valence-electron chi connectivity index (χ4n) is 2.48.